The molecule has 0 saturated carbocycles. The third kappa shape index (κ3) is 6.82. The first-order chi connectivity index (χ1) is 19.1. The monoisotopic (exact) mass is 564 g/mol. The molecule has 40 heavy (non-hydrogen) atoms. The molecule has 2 N–H and O–H groups in total. The van der Waals surface area contributed by atoms with Crippen LogP contribution < -0.4 is 9.47 Å². The summed E-state index contributed by atoms with van der Waals surface area (Å²) < 4.78 is 67.0. The van der Waals surface area contributed by atoms with Crippen LogP contribution in [0.2, 0.25) is 0 Å². The van der Waals surface area contributed by atoms with Crippen molar-refractivity contribution in [3.8, 4) is 11.5 Å². The van der Waals surface area contributed by atoms with Crippen molar-refractivity contribution in [1.82, 2.24) is 9.88 Å². The predicted octanol–water partition coefficient (Wildman–Crippen LogP) is 5.58. The molecule has 2 heterocycles. The molecule has 0 bridgehead atoms. The summed E-state index contributed by atoms with van der Waals surface area (Å²) in [5, 5.41) is 20.0. The van der Waals surface area contributed by atoms with Crippen molar-refractivity contribution in [2.45, 2.75) is 44.9 Å². The van der Waals surface area contributed by atoms with E-state index in [1.54, 1.807) is 18.2 Å². The number of nitrogens with zero attached hydrogens (tertiary/aromatic N) is 2. The minimum Gasteiger partial charge on any atom is -0.497 e. The molecule has 3 aromatic rings. The quantitative estimate of drug-likeness (QED) is 0.219. The van der Waals surface area contributed by atoms with Gasteiger partial charge in [-0.15, -0.1) is 0 Å². The van der Waals surface area contributed by atoms with Gasteiger partial charge in [-0.05, 0) is 62.4 Å². The SMILES string of the molecule is COc1ccc2ncc(CO)c([C@@H](F)CCC3(CC(=O)O)CCN(CCOc4cc(F)cc(F)c4F)CC3)c2c1. The van der Waals surface area contributed by atoms with Crippen LogP contribution in [0.3, 0.4) is 0 Å². The molecule has 0 unspecified atom stereocenters. The summed E-state index contributed by atoms with van der Waals surface area (Å²) in [6.07, 6.45) is 1.24. The van der Waals surface area contributed by atoms with Crippen molar-refractivity contribution in [3.05, 3.63) is 65.1 Å². The topological polar surface area (TPSA) is 92.1 Å². The summed E-state index contributed by atoms with van der Waals surface area (Å²) in [6.45, 7) is 0.951. The van der Waals surface area contributed by atoms with Gasteiger partial charge in [-0.1, -0.05) is 0 Å². The number of aromatic nitrogens is 1. The van der Waals surface area contributed by atoms with Gasteiger partial charge in [-0.2, -0.15) is 4.39 Å². The molecule has 1 fully saturated rings. The number of ether oxygens (including phenoxy) is 2. The van der Waals surface area contributed by atoms with Gasteiger partial charge in [-0.25, -0.2) is 13.2 Å². The Bertz CT molecular complexity index is 1340. The highest BCUT2D eigenvalue weighted by Gasteiger charge is 2.37. The Morgan fingerprint density at radius 2 is 1.93 bits per heavy atom. The Morgan fingerprint density at radius 1 is 1.18 bits per heavy atom. The fourth-order valence-corrected chi connectivity index (χ4v) is 5.44. The molecule has 4 rings (SSSR count). The molecule has 0 spiro atoms. The van der Waals surface area contributed by atoms with E-state index in [0.717, 1.165) is 6.07 Å². The van der Waals surface area contributed by atoms with E-state index >= 15 is 4.39 Å². The zero-order valence-corrected chi connectivity index (χ0v) is 22.1. The third-order valence-electron chi connectivity index (χ3n) is 7.68. The van der Waals surface area contributed by atoms with Crippen LogP contribution in [0.15, 0.2) is 36.5 Å². The van der Waals surface area contributed by atoms with Crippen LogP contribution in [0, 0.1) is 22.9 Å². The maximum Gasteiger partial charge on any atom is 0.303 e. The molecule has 0 aliphatic carbocycles. The van der Waals surface area contributed by atoms with Gasteiger partial charge in [0.25, 0.3) is 0 Å². The number of halogens is 4. The van der Waals surface area contributed by atoms with Gasteiger partial charge in [0.15, 0.2) is 11.6 Å². The highest BCUT2D eigenvalue weighted by molar-refractivity contribution is 5.85. The number of likely N-dealkylation sites (tertiary alicyclic amines) is 1. The Balaban J connectivity index is 1.41. The molecule has 1 aromatic heterocycles. The molecule has 1 saturated heterocycles. The van der Waals surface area contributed by atoms with Crippen LogP contribution in [0.1, 0.15) is 49.4 Å². The van der Waals surface area contributed by atoms with Crippen LogP contribution in [0.25, 0.3) is 10.9 Å². The van der Waals surface area contributed by atoms with Crippen molar-refractivity contribution in [3.63, 3.8) is 0 Å². The van der Waals surface area contributed by atoms with Crippen LogP contribution in [0.5, 0.6) is 11.5 Å². The summed E-state index contributed by atoms with van der Waals surface area (Å²) >= 11 is 0. The zero-order chi connectivity index (χ0) is 28.9. The molecule has 1 aliphatic heterocycles. The number of hydrogen-bond donors (Lipinski definition) is 2. The predicted molar refractivity (Wildman–Crippen MR) is 139 cm³/mol. The van der Waals surface area contributed by atoms with Crippen LogP contribution >= 0.6 is 0 Å². The number of hydrogen-bond acceptors (Lipinski definition) is 6. The lowest BCUT2D eigenvalue weighted by Gasteiger charge is -2.41. The van der Waals surface area contributed by atoms with Crippen LogP contribution in [-0.2, 0) is 11.4 Å². The number of carbonyl (C=O) groups is 1. The second-order valence-corrected chi connectivity index (χ2v) is 10.2. The lowest BCUT2D eigenvalue weighted by atomic mass is 9.71. The van der Waals surface area contributed by atoms with Gasteiger partial charge in [0.1, 0.15) is 24.3 Å². The largest absolute Gasteiger partial charge is 0.497 e. The maximum atomic E-state index is 15.9. The summed E-state index contributed by atoms with van der Waals surface area (Å²) in [5.74, 6) is -4.48. The van der Waals surface area contributed by atoms with Gasteiger partial charge in [0, 0.05) is 41.4 Å². The van der Waals surface area contributed by atoms with E-state index in [-0.39, 0.29) is 26.1 Å². The van der Waals surface area contributed by atoms with E-state index in [1.807, 2.05) is 4.90 Å². The fraction of sp³-hybridized carbons (Fsp3) is 0.448. The van der Waals surface area contributed by atoms with Crippen molar-refractivity contribution in [2.24, 2.45) is 5.41 Å². The van der Waals surface area contributed by atoms with Gasteiger partial charge in [-0.3, -0.25) is 14.7 Å². The molecule has 11 heteroatoms. The first-order valence-corrected chi connectivity index (χ1v) is 13.1. The molecule has 1 aliphatic rings. The van der Waals surface area contributed by atoms with E-state index < -0.39 is 40.8 Å². The first kappa shape index (κ1) is 29.5. The van der Waals surface area contributed by atoms with E-state index in [9.17, 15) is 28.2 Å². The molecule has 1 atom stereocenters. The molecular weight excluding hydrogens is 532 g/mol. The van der Waals surface area contributed by atoms with Gasteiger partial charge in [0.2, 0.25) is 5.82 Å². The molecule has 0 amide bonds. The highest BCUT2D eigenvalue weighted by Crippen LogP contribution is 2.43. The van der Waals surface area contributed by atoms with Crippen molar-refractivity contribution >= 4 is 16.9 Å². The second-order valence-electron chi connectivity index (χ2n) is 10.2. The molecule has 216 valence electrons. The Morgan fingerprint density at radius 3 is 2.60 bits per heavy atom. The third-order valence-corrected chi connectivity index (χ3v) is 7.68. The smallest absolute Gasteiger partial charge is 0.303 e. The molecule has 0 radical (unpaired) electrons. The molecular formula is C29H32F4N2O5. The van der Waals surface area contributed by atoms with E-state index in [1.165, 1.54) is 13.3 Å². The second kappa shape index (κ2) is 12.8. The Hall–Kier alpha value is -3.44. The van der Waals surface area contributed by atoms with Crippen molar-refractivity contribution in [1.29, 1.82) is 0 Å². The average molecular weight is 565 g/mol. The number of methoxy groups -OCH3 is 1. The summed E-state index contributed by atoms with van der Waals surface area (Å²) in [5.41, 5.74) is 0.621. The normalized spacial score (nSPS) is 16.1. The number of fused-ring (bicyclic) bond motifs is 1. The van der Waals surface area contributed by atoms with Gasteiger partial charge < -0.3 is 19.7 Å². The Labute approximate surface area is 229 Å². The van der Waals surface area contributed by atoms with Crippen LogP contribution in [0.4, 0.5) is 17.6 Å². The number of carboxylic acid groups (broad SMARTS) is 1. The minimum atomic E-state index is -1.46. The number of rotatable bonds is 12. The lowest BCUT2D eigenvalue weighted by molar-refractivity contribution is -0.141. The van der Waals surface area contributed by atoms with Crippen molar-refractivity contribution < 1.29 is 42.0 Å². The highest BCUT2D eigenvalue weighted by atomic mass is 19.2. The number of piperidine rings is 1. The maximum absolute atomic E-state index is 15.9. The molecule has 2 aromatic carbocycles. The van der Waals surface area contributed by atoms with E-state index in [4.69, 9.17) is 9.47 Å². The summed E-state index contributed by atoms with van der Waals surface area (Å²) in [7, 11) is 1.50. The van der Waals surface area contributed by atoms with Gasteiger partial charge >= 0.3 is 5.97 Å². The van der Waals surface area contributed by atoms with Gasteiger partial charge in [0.05, 0.1) is 25.7 Å². The number of alkyl halides is 1. The number of carboxylic acids is 1. The first-order valence-electron chi connectivity index (χ1n) is 13.1. The standard InChI is InChI=1S/C29H32F4N2O5/c1-39-20-2-3-24-21(14-20)27(18(17-36)16-34-24)22(31)4-5-29(15-26(37)38)6-8-35(9-7-29)10-11-40-25-13-19(30)12-23(32)28(25)33/h2-3,12-14,16,22,36H,4-11,15,17H2,1H3,(H,37,38)/t22-/m0/s1. The minimum absolute atomic E-state index is 0.0131. The van der Waals surface area contributed by atoms with E-state index in [0.29, 0.717) is 72.7 Å². The average Bonchev–Trinajstić information content (AvgIpc) is 2.94. The summed E-state index contributed by atoms with van der Waals surface area (Å²) in [6, 6.07) is 6.34. The zero-order valence-electron chi connectivity index (χ0n) is 22.1. The number of benzene rings is 2. The fourth-order valence-electron chi connectivity index (χ4n) is 5.44. The number of aliphatic carboxylic acids is 1. The van der Waals surface area contributed by atoms with Crippen LogP contribution in [-0.4, -0.2) is 59.4 Å². The lowest BCUT2D eigenvalue weighted by Crippen LogP contribution is -2.42. The van der Waals surface area contributed by atoms with Crippen molar-refractivity contribution in [2.75, 3.05) is 33.4 Å². The number of aliphatic hydroxyl groups is 1. The number of pyridine rings is 1. The summed E-state index contributed by atoms with van der Waals surface area (Å²) in [4.78, 5) is 18.0. The molecule has 7 nitrogen and oxygen atoms in total. The Kier molecular flexibility index (Phi) is 9.47. The van der Waals surface area contributed by atoms with E-state index in [2.05, 4.69) is 4.98 Å². The number of aliphatic hydroxyl groups excluding tert-OH is 1.